The lowest BCUT2D eigenvalue weighted by molar-refractivity contribution is -0.780. The fourth-order valence-electron chi connectivity index (χ4n) is 2.21. The molecule has 0 aromatic heterocycles. The molecule has 0 aliphatic carbocycles. The van der Waals surface area contributed by atoms with E-state index >= 15 is 0 Å². The zero-order valence-corrected chi connectivity index (χ0v) is 11.9. The molecule has 0 amide bonds. The molecule has 0 saturated carbocycles. The summed E-state index contributed by atoms with van der Waals surface area (Å²) in [5, 5.41) is 2.02. The predicted molar refractivity (Wildman–Crippen MR) is 69.4 cm³/mol. The van der Waals surface area contributed by atoms with E-state index in [2.05, 4.69) is 20.8 Å². The summed E-state index contributed by atoms with van der Waals surface area (Å²) in [6, 6.07) is 3.65. The Kier molecular flexibility index (Phi) is 3.41. The van der Waals surface area contributed by atoms with E-state index in [0.29, 0.717) is 17.1 Å². The minimum Gasteiger partial charge on any atom is -0.493 e. The summed E-state index contributed by atoms with van der Waals surface area (Å²) in [6.45, 7) is 6.21. The van der Waals surface area contributed by atoms with Crippen molar-refractivity contribution in [3.63, 3.8) is 0 Å². The maximum atomic E-state index is 12.0. The maximum absolute atomic E-state index is 12.0. The number of nitrogens with two attached hydrogens (primary N) is 1. The van der Waals surface area contributed by atoms with Crippen molar-refractivity contribution in [2.45, 2.75) is 32.5 Å². The lowest BCUT2D eigenvalue weighted by atomic mass is 10.0. The first kappa shape index (κ1) is 13.7. The maximum Gasteiger partial charge on any atom is 0.347 e. The van der Waals surface area contributed by atoms with Crippen LogP contribution in [0.2, 0.25) is 0 Å². The number of carbonyl (C=O) groups excluding carboxylic acids is 1. The number of esters is 1. The number of benzene rings is 1. The minimum absolute atomic E-state index is 0.0419. The third kappa shape index (κ3) is 2.51. The van der Waals surface area contributed by atoms with Crippen molar-refractivity contribution in [3.8, 4) is 11.5 Å². The van der Waals surface area contributed by atoms with Crippen molar-refractivity contribution >= 4 is 5.97 Å². The van der Waals surface area contributed by atoms with Crippen molar-refractivity contribution in [1.29, 1.82) is 0 Å². The molecule has 1 aliphatic rings. The third-order valence-electron chi connectivity index (χ3n) is 2.97. The van der Waals surface area contributed by atoms with E-state index in [1.165, 1.54) is 7.11 Å². The van der Waals surface area contributed by atoms with Gasteiger partial charge in [0.1, 0.15) is 5.56 Å². The topological polar surface area (TPSA) is 61.4 Å². The van der Waals surface area contributed by atoms with Gasteiger partial charge in [0.05, 0.1) is 25.3 Å². The van der Waals surface area contributed by atoms with Gasteiger partial charge in [-0.3, -0.25) is 0 Å². The molecule has 0 unspecified atom stereocenters. The molecule has 0 bridgehead atoms. The standard InChI is InChI=1S/C14H19NO4/c1-14(2,3)15-12-8-6-7-9(17-4)11(18-5)10(8)13(16)19-12/h6-7,12,15H,1-5H3/p+1/t12-/m1/s1. The van der Waals surface area contributed by atoms with Gasteiger partial charge < -0.3 is 19.5 Å². The van der Waals surface area contributed by atoms with Crippen molar-refractivity contribution in [2.75, 3.05) is 14.2 Å². The van der Waals surface area contributed by atoms with E-state index in [4.69, 9.17) is 14.2 Å². The van der Waals surface area contributed by atoms with Gasteiger partial charge in [0.15, 0.2) is 11.5 Å². The summed E-state index contributed by atoms with van der Waals surface area (Å²) in [6.07, 6.45) is -0.331. The molecule has 1 aromatic carbocycles. The summed E-state index contributed by atoms with van der Waals surface area (Å²) in [5.74, 6) is 0.612. The van der Waals surface area contributed by atoms with E-state index in [0.717, 1.165) is 5.56 Å². The zero-order valence-electron chi connectivity index (χ0n) is 11.9. The Morgan fingerprint density at radius 1 is 1.21 bits per heavy atom. The normalized spacial score (nSPS) is 17.9. The van der Waals surface area contributed by atoms with Crippen LogP contribution in [0.4, 0.5) is 0 Å². The Labute approximate surface area is 112 Å². The highest BCUT2D eigenvalue weighted by atomic mass is 16.6. The molecule has 1 heterocycles. The van der Waals surface area contributed by atoms with Crippen LogP contribution in [0, 0.1) is 0 Å². The first-order valence-electron chi connectivity index (χ1n) is 6.19. The van der Waals surface area contributed by atoms with Crippen LogP contribution in [0.5, 0.6) is 11.5 Å². The van der Waals surface area contributed by atoms with Gasteiger partial charge >= 0.3 is 5.97 Å². The van der Waals surface area contributed by atoms with Gasteiger partial charge in [0.25, 0.3) is 6.23 Å². The van der Waals surface area contributed by atoms with Crippen LogP contribution in [0.25, 0.3) is 0 Å². The lowest BCUT2D eigenvalue weighted by Crippen LogP contribution is -2.95. The fraction of sp³-hybridized carbons (Fsp3) is 0.500. The molecule has 104 valence electrons. The summed E-state index contributed by atoms with van der Waals surface area (Å²) in [5.41, 5.74) is 1.25. The second-order valence-electron chi connectivity index (χ2n) is 5.62. The monoisotopic (exact) mass is 266 g/mol. The highest BCUT2D eigenvalue weighted by Gasteiger charge is 2.40. The lowest BCUT2D eigenvalue weighted by Gasteiger charge is -2.21. The van der Waals surface area contributed by atoms with Crippen LogP contribution in [-0.2, 0) is 4.74 Å². The molecule has 0 spiro atoms. The number of hydrogen-bond acceptors (Lipinski definition) is 4. The molecule has 0 saturated heterocycles. The van der Waals surface area contributed by atoms with E-state index in [9.17, 15) is 4.79 Å². The van der Waals surface area contributed by atoms with Gasteiger partial charge in [0.2, 0.25) is 0 Å². The first-order chi connectivity index (χ1) is 8.87. The van der Waals surface area contributed by atoms with Crippen LogP contribution in [0.15, 0.2) is 12.1 Å². The number of hydrogen-bond donors (Lipinski definition) is 1. The number of carbonyl (C=O) groups is 1. The smallest absolute Gasteiger partial charge is 0.347 e. The third-order valence-corrected chi connectivity index (χ3v) is 2.97. The fourth-order valence-corrected chi connectivity index (χ4v) is 2.21. The first-order valence-corrected chi connectivity index (χ1v) is 6.19. The summed E-state index contributed by atoms with van der Waals surface area (Å²) < 4.78 is 15.9. The molecule has 1 atom stereocenters. The number of methoxy groups -OCH3 is 2. The second kappa shape index (κ2) is 4.74. The summed E-state index contributed by atoms with van der Waals surface area (Å²) in [7, 11) is 3.06. The van der Waals surface area contributed by atoms with Gasteiger partial charge in [-0.25, -0.2) is 4.79 Å². The molecule has 1 aliphatic heterocycles. The van der Waals surface area contributed by atoms with Gasteiger partial charge in [0, 0.05) is 0 Å². The molecular formula is C14H20NO4+. The molecule has 5 nitrogen and oxygen atoms in total. The van der Waals surface area contributed by atoms with E-state index < -0.39 is 0 Å². The Morgan fingerprint density at radius 3 is 2.42 bits per heavy atom. The van der Waals surface area contributed by atoms with Crippen LogP contribution < -0.4 is 14.8 Å². The zero-order chi connectivity index (χ0) is 14.2. The number of quaternary nitrogens is 1. The summed E-state index contributed by atoms with van der Waals surface area (Å²) in [4.78, 5) is 12.0. The van der Waals surface area contributed by atoms with Crippen LogP contribution in [-0.4, -0.2) is 25.7 Å². The number of cyclic esters (lactones) is 1. The van der Waals surface area contributed by atoms with Gasteiger partial charge in [-0.1, -0.05) is 0 Å². The van der Waals surface area contributed by atoms with E-state index in [1.807, 2.05) is 11.4 Å². The molecule has 2 N–H and O–H groups in total. The predicted octanol–water partition coefficient (Wildman–Crippen LogP) is 1.23. The molecular weight excluding hydrogens is 246 g/mol. The van der Waals surface area contributed by atoms with Crippen LogP contribution in [0.1, 0.15) is 42.9 Å². The molecule has 19 heavy (non-hydrogen) atoms. The van der Waals surface area contributed by atoms with Crippen LogP contribution >= 0.6 is 0 Å². The quantitative estimate of drug-likeness (QED) is 0.836. The Bertz CT molecular complexity index is 505. The van der Waals surface area contributed by atoms with Crippen molar-refractivity contribution in [1.82, 2.24) is 0 Å². The Hall–Kier alpha value is -1.75. The number of rotatable bonds is 3. The average Bonchev–Trinajstić information content (AvgIpc) is 2.63. The van der Waals surface area contributed by atoms with E-state index in [-0.39, 0.29) is 17.7 Å². The van der Waals surface area contributed by atoms with E-state index in [1.54, 1.807) is 13.2 Å². The van der Waals surface area contributed by atoms with Gasteiger partial charge in [-0.2, -0.15) is 0 Å². The Morgan fingerprint density at radius 2 is 1.89 bits per heavy atom. The average molecular weight is 266 g/mol. The number of ether oxygens (including phenoxy) is 3. The molecule has 0 radical (unpaired) electrons. The minimum atomic E-state index is -0.365. The second-order valence-corrected chi connectivity index (χ2v) is 5.62. The van der Waals surface area contributed by atoms with Gasteiger partial charge in [-0.05, 0) is 32.9 Å². The molecule has 0 fully saturated rings. The van der Waals surface area contributed by atoms with Crippen molar-refractivity contribution in [3.05, 3.63) is 23.3 Å². The number of fused-ring (bicyclic) bond motifs is 1. The van der Waals surface area contributed by atoms with Crippen LogP contribution in [0.3, 0.4) is 0 Å². The summed E-state index contributed by atoms with van der Waals surface area (Å²) >= 11 is 0. The highest BCUT2D eigenvalue weighted by molar-refractivity contribution is 5.97. The van der Waals surface area contributed by atoms with Gasteiger partial charge in [-0.15, -0.1) is 0 Å². The molecule has 1 aromatic rings. The molecule has 2 rings (SSSR count). The van der Waals surface area contributed by atoms with Crippen molar-refractivity contribution < 1.29 is 24.3 Å². The Balaban J connectivity index is 2.46. The SMILES string of the molecule is COc1ccc2c(c1OC)C(=O)O[C@H]2[NH2+]C(C)(C)C. The largest absolute Gasteiger partial charge is 0.493 e. The molecule has 5 heteroatoms. The highest BCUT2D eigenvalue weighted by Crippen LogP contribution is 2.39. The van der Waals surface area contributed by atoms with Crippen molar-refractivity contribution in [2.24, 2.45) is 0 Å².